The van der Waals surface area contributed by atoms with Gasteiger partial charge in [-0.1, -0.05) is 158 Å². The van der Waals surface area contributed by atoms with Gasteiger partial charge in [-0.05, 0) is 58.7 Å². The Bertz CT molecular complexity index is 3160. The molecule has 0 aliphatic carbocycles. The van der Waals surface area contributed by atoms with Gasteiger partial charge in [0.1, 0.15) is 11.2 Å². The van der Waals surface area contributed by atoms with Crippen LogP contribution in [0.5, 0.6) is 0 Å². The number of hydrogen-bond donors (Lipinski definition) is 0. The first-order chi connectivity index (χ1) is 27.8. The minimum Gasteiger partial charge on any atom is -0.456 e. The van der Waals surface area contributed by atoms with Crippen molar-refractivity contribution in [1.82, 2.24) is 19.5 Å². The first kappa shape index (κ1) is 31.9. The van der Waals surface area contributed by atoms with Gasteiger partial charge in [-0.15, -0.1) is 0 Å². The Balaban J connectivity index is 1.15. The molecule has 11 rings (SSSR count). The van der Waals surface area contributed by atoms with E-state index in [1.807, 2.05) is 66.7 Å². The quantitative estimate of drug-likeness (QED) is 0.172. The number of rotatable bonds is 6. The van der Waals surface area contributed by atoms with E-state index in [9.17, 15) is 0 Å². The van der Waals surface area contributed by atoms with Crippen molar-refractivity contribution in [2.24, 2.45) is 0 Å². The van der Waals surface area contributed by atoms with Crippen LogP contribution in [0.4, 0.5) is 0 Å². The van der Waals surface area contributed by atoms with Crippen LogP contribution in [0.1, 0.15) is 0 Å². The minimum atomic E-state index is 0.609. The summed E-state index contributed by atoms with van der Waals surface area (Å²) in [6.45, 7) is 0. The Labute approximate surface area is 322 Å². The first-order valence-corrected chi connectivity index (χ1v) is 18.8. The van der Waals surface area contributed by atoms with E-state index in [0.29, 0.717) is 17.5 Å². The number of para-hydroxylation sites is 2. The van der Waals surface area contributed by atoms with E-state index in [1.54, 1.807) is 0 Å². The van der Waals surface area contributed by atoms with Crippen LogP contribution in [0.15, 0.2) is 199 Å². The van der Waals surface area contributed by atoms with Crippen molar-refractivity contribution in [1.29, 1.82) is 0 Å². The van der Waals surface area contributed by atoms with Crippen molar-refractivity contribution in [3.8, 4) is 62.1 Å². The Morgan fingerprint density at radius 1 is 0.357 bits per heavy atom. The molecule has 5 nitrogen and oxygen atoms in total. The summed E-state index contributed by atoms with van der Waals surface area (Å²) in [6.07, 6.45) is 0. The van der Waals surface area contributed by atoms with Gasteiger partial charge in [-0.2, -0.15) is 0 Å². The normalized spacial score (nSPS) is 11.6. The highest BCUT2D eigenvalue weighted by Crippen LogP contribution is 2.42. The fraction of sp³-hybridized carbons (Fsp3) is 0. The summed E-state index contributed by atoms with van der Waals surface area (Å²) in [5, 5.41) is 4.37. The second-order valence-electron chi connectivity index (χ2n) is 14.0. The molecule has 0 fully saturated rings. The van der Waals surface area contributed by atoms with Gasteiger partial charge in [0.2, 0.25) is 0 Å². The van der Waals surface area contributed by atoms with Crippen molar-refractivity contribution in [2.75, 3.05) is 0 Å². The van der Waals surface area contributed by atoms with Crippen LogP contribution in [0.2, 0.25) is 0 Å². The number of hydrogen-bond acceptors (Lipinski definition) is 4. The molecular formula is C51H32N4O. The van der Waals surface area contributed by atoms with Crippen LogP contribution >= 0.6 is 0 Å². The maximum Gasteiger partial charge on any atom is 0.166 e. The highest BCUT2D eigenvalue weighted by molar-refractivity contribution is 6.17. The second-order valence-corrected chi connectivity index (χ2v) is 14.0. The molecule has 8 aromatic carbocycles. The van der Waals surface area contributed by atoms with E-state index in [2.05, 4.69) is 132 Å². The third-order valence-electron chi connectivity index (χ3n) is 10.7. The summed E-state index contributed by atoms with van der Waals surface area (Å²) in [4.78, 5) is 15.3. The largest absolute Gasteiger partial charge is 0.456 e. The molecule has 0 amide bonds. The molecule has 0 N–H and O–H groups in total. The molecule has 0 spiro atoms. The fourth-order valence-corrected chi connectivity index (χ4v) is 8.04. The maximum atomic E-state index is 6.58. The molecule has 262 valence electrons. The molecule has 0 aliphatic heterocycles. The highest BCUT2D eigenvalue weighted by atomic mass is 16.3. The van der Waals surface area contributed by atoms with Crippen molar-refractivity contribution in [3.05, 3.63) is 194 Å². The minimum absolute atomic E-state index is 0.609. The number of benzene rings is 8. The van der Waals surface area contributed by atoms with Gasteiger partial charge < -0.3 is 8.98 Å². The summed E-state index contributed by atoms with van der Waals surface area (Å²) >= 11 is 0. The summed E-state index contributed by atoms with van der Waals surface area (Å²) in [7, 11) is 0. The lowest BCUT2D eigenvalue weighted by Crippen LogP contribution is -2.02. The van der Waals surface area contributed by atoms with E-state index >= 15 is 0 Å². The SMILES string of the molecule is c1ccc(-c2ccc(-c3ccc4oc5cccc(-n6c7ccccc7c7cccc(-c8nc(-c9ccccc9)nc(-c9ccccc9)n8)c76)c5c4c3)cc2)cc1. The molecule has 5 heteroatoms. The molecule has 0 unspecified atom stereocenters. The van der Waals surface area contributed by atoms with Crippen LogP contribution < -0.4 is 0 Å². The van der Waals surface area contributed by atoms with Crippen molar-refractivity contribution >= 4 is 43.7 Å². The first-order valence-electron chi connectivity index (χ1n) is 18.8. The number of fused-ring (bicyclic) bond motifs is 6. The smallest absolute Gasteiger partial charge is 0.166 e. The highest BCUT2D eigenvalue weighted by Gasteiger charge is 2.22. The molecule has 11 aromatic rings. The summed E-state index contributed by atoms with van der Waals surface area (Å²) in [5.41, 5.74) is 12.3. The summed E-state index contributed by atoms with van der Waals surface area (Å²) < 4.78 is 8.95. The van der Waals surface area contributed by atoms with E-state index in [4.69, 9.17) is 19.4 Å². The summed E-state index contributed by atoms with van der Waals surface area (Å²) in [5.74, 6) is 1.86. The van der Waals surface area contributed by atoms with Gasteiger partial charge in [0.25, 0.3) is 0 Å². The van der Waals surface area contributed by atoms with E-state index < -0.39 is 0 Å². The molecule has 0 saturated carbocycles. The predicted molar refractivity (Wildman–Crippen MR) is 229 cm³/mol. The molecule has 56 heavy (non-hydrogen) atoms. The third kappa shape index (κ3) is 5.29. The third-order valence-corrected chi connectivity index (χ3v) is 10.7. The number of furan rings is 1. The molecule has 0 atom stereocenters. The van der Waals surface area contributed by atoms with Crippen LogP contribution in [0.25, 0.3) is 106 Å². The monoisotopic (exact) mass is 716 g/mol. The lowest BCUT2D eigenvalue weighted by Gasteiger charge is -2.13. The predicted octanol–water partition coefficient (Wildman–Crippen LogP) is 13.2. The van der Waals surface area contributed by atoms with Crippen LogP contribution in [0, 0.1) is 0 Å². The molecule has 0 bridgehead atoms. The van der Waals surface area contributed by atoms with Gasteiger partial charge in [0.15, 0.2) is 17.5 Å². The van der Waals surface area contributed by atoms with E-state index in [0.717, 1.165) is 77.2 Å². The fourth-order valence-electron chi connectivity index (χ4n) is 8.04. The molecule has 3 aromatic heterocycles. The van der Waals surface area contributed by atoms with E-state index in [-0.39, 0.29) is 0 Å². The van der Waals surface area contributed by atoms with Gasteiger partial charge >= 0.3 is 0 Å². The Morgan fingerprint density at radius 3 is 1.59 bits per heavy atom. The molecule has 3 heterocycles. The summed E-state index contributed by atoms with van der Waals surface area (Å²) in [6, 6.07) is 67.4. The zero-order valence-corrected chi connectivity index (χ0v) is 30.2. The van der Waals surface area contributed by atoms with Crippen molar-refractivity contribution in [3.63, 3.8) is 0 Å². The maximum absolute atomic E-state index is 6.58. The average molecular weight is 717 g/mol. The van der Waals surface area contributed by atoms with E-state index in [1.165, 1.54) is 11.1 Å². The van der Waals surface area contributed by atoms with Gasteiger partial charge in [-0.25, -0.2) is 15.0 Å². The standard InChI is InChI=1S/C51H32N4O/c1-4-14-33(15-5-1)34-26-28-35(29-27-34)38-30-31-45-42(32-38)47-44(24-13-25-46(47)56-45)55-43-23-11-10-20-39(43)40-21-12-22-41(48(40)55)51-53-49(36-16-6-2-7-17-36)52-50(54-51)37-18-8-3-9-19-37/h1-32H. The van der Waals surface area contributed by atoms with Gasteiger partial charge in [0, 0.05) is 32.8 Å². The topological polar surface area (TPSA) is 56.7 Å². The van der Waals surface area contributed by atoms with Crippen molar-refractivity contribution < 1.29 is 4.42 Å². The van der Waals surface area contributed by atoms with Gasteiger partial charge in [-0.3, -0.25) is 0 Å². The second kappa shape index (κ2) is 13.0. The zero-order chi connectivity index (χ0) is 37.0. The Kier molecular flexibility index (Phi) is 7.42. The van der Waals surface area contributed by atoms with Crippen LogP contribution in [0.3, 0.4) is 0 Å². The Hall–Kier alpha value is -7.63. The molecular weight excluding hydrogens is 685 g/mol. The van der Waals surface area contributed by atoms with Crippen LogP contribution in [-0.4, -0.2) is 19.5 Å². The number of nitrogens with zero attached hydrogens (tertiary/aromatic N) is 4. The van der Waals surface area contributed by atoms with Crippen LogP contribution in [-0.2, 0) is 0 Å². The molecule has 0 aliphatic rings. The van der Waals surface area contributed by atoms with Crippen molar-refractivity contribution in [2.45, 2.75) is 0 Å². The lowest BCUT2D eigenvalue weighted by atomic mass is 9.99. The molecule has 0 saturated heterocycles. The van der Waals surface area contributed by atoms with Gasteiger partial charge in [0.05, 0.1) is 22.1 Å². The lowest BCUT2D eigenvalue weighted by molar-refractivity contribution is 0.669. The molecule has 0 radical (unpaired) electrons. The average Bonchev–Trinajstić information content (AvgIpc) is 3.83. The zero-order valence-electron chi connectivity index (χ0n) is 30.2. The Morgan fingerprint density at radius 2 is 0.893 bits per heavy atom. The number of aromatic nitrogens is 4.